The second-order valence-electron chi connectivity index (χ2n) is 7.06. The number of nitrogens with zero attached hydrogens (tertiary/aromatic N) is 1. The fourth-order valence-electron chi connectivity index (χ4n) is 3.22. The number of benzene rings is 2. The van der Waals surface area contributed by atoms with E-state index < -0.39 is 11.8 Å². The van der Waals surface area contributed by atoms with Gasteiger partial charge >= 0.3 is 5.97 Å². The Morgan fingerprint density at radius 2 is 1.90 bits per heavy atom. The molecule has 0 spiro atoms. The second-order valence-corrected chi connectivity index (χ2v) is 7.06. The zero-order chi connectivity index (χ0) is 21.1. The molecule has 0 aliphatic rings. The van der Waals surface area contributed by atoms with Gasteiger partial charge < -0.3 is 25.6 Å². The fraction of sp³-hybridized carbons (Fsp3) is 0.238. The average molecular weight is 398 g/mol. The Hall–Kier alpha value is -3.39. The number of hydrogen-bond donors (Lipinski definition) is 4. The van der Waals surface area contributed by atoms with Gasteiger partial charge in [0.1, 0.15) is 5.82 Å². The summed E-state index contributed by atoms with van der Waals surface area (Å²) in [4.78, 5) is 28.5. The Kier molecular flexibility index (Phi) is 5.84. The molecule has 3 rings (SSSR count). The normalized spacial score (nSPS) is 11.1. The first kappa shape index (κ1) is 20.3. The summed E-state index contributed by atoms with van der Waals surface area (Å²) in [5.41, 5.74) is 2.96. The van der Waals surface area contributed by atoms with Crippen LogP contribution in [-0.4, -0.2) is 42.1 Å². The third-order valence-corrected chi connectivity index (χ3v) is 4.57. The van der Waals surface area contributed by atoms with E-state index in [0.29, 0.717) is 28.7 Å². The largest absolute Gasteiger partial charge is 0.478 e. The molecule has 1 heterocycles. The van der Waals surface area contributed by atoms with Gasteiger partial charge in [-0.25, -0.2) is 9.18 Å². The van der Waals surface area contributed by atoms with Crippen molar-refractivity contribution in [2.75, 3.05) is 31.8 Å². The standard InChI is InChI=1S/C21H23FN4O3/c1-23-18-9-16(22)8-13-7-14(20(27)25-19(13)18)10-24-17-5-4-12(21(28)29)6-15(17)11-26(2)3/h4-9,23-24H,10-11H2,1-3H3,(H,25,27)(H,28,29). The lowest BCUT2D eigenvalue weighted by Gasteiger charge is -2.16. The number of aromatic nitrogens is 1. The zero-order valence-corrected chi connectivity index (χ0v) is 16.5. The number of aromatic amines is 1. The van der Waals surface area contributed by atoms with Crippen molar-refractivity contribution in [3.05, 3.63) is 69.3 Å². The number of nitrogens with one attached hydrogen (secondary N) is 3. The molecule has 4 N–H and O–H groups in total. The number of aromatic carboxylic acids is 1. The number of hydrogen-bond acceptors (Lipinski definition) is 5. The van der Waals surface area contributed by atoms with Crippen LogP contribution in [0.25, 0.3) is 10.9 Å². The molecule has 0 unspecified atom stereocenters. The molecule has 3 aromatic rings. The Bertz CT molecular complexity index is 1120. The maximum absolute atomic E-state index is 13.8. The van der Waals surface area contributed by atoms with Crippen LogP contribution in [-0.2, 0) is 13.1 Å². The van der Waals surface area contributed by atoms with Crippen molar-refractivity contribution in [2.24, 2.45) is 0 Å². The van der Waals surface area contributed by atoms with E-state index in [2.05, 4.69) is 15.6 Å². The lowest BCUT2D eigenvalue weighted by Crippen LogP contribution is -2.18. The molecule has 1 aromatic heterocycles. The van der Waals surface area contributed by atoms with E-state index in [0.717, 1.165) is 11.3 Å². The van der Waals surface area contributed by atoms with Crippen LogP contribution >= 0.6 is 0 Å². The Balaban J connectivity index is 1.93. The van der Waals surface area contributed by atoms with E-state index in [4.69, 9.17) is 0 Å². The number of rotatable bonds is 7. The number of H-pyrrole nitrogens is 1. The van der Waals surface area contributed by atoms with E-state index in [1.165, 1.54) is 18.2 Å². The lowest BCUT2D eigenvalue weighted by atomic mass is 10.1. The van der Waals surface area contributed by atoms with Crippen molar-refractivity contribution in [2.45, 2.75) is 13.1 Å². The molecule has 152 valence electrons. The smallest absolute Gasteiger partial charge is 0.335 e. The number of fused-ring (bicyclic) bond motifs is 1. The summed E-state index contributed by atoms with van der Waals surface area (Å²) in [5, 5.41) is 15.9. The first-order valence-corrected chi connectivity index (χ1v) is 9.06. The topological polar surface area (TPSA) is 97.5 Å². The SMILES string of the molecule is CNc1cc(F)cc2cc(CNc3ccc(C(=O)O)cc3CN(C)C)c(=O)[nH]c12. The minimum absolute atomic E-state index is 0.200. The summed E-state index contributed by atoms with van der Waals surface area (Å²) in [6.07, 6.45) is 0. The number of halogens is 1. The molecule has 0 radical (unpaired) electrons. The summed E-state index contributed by atoms with van der Waals surface area (Å²) in [6.45, 7) is 0.748. The molecule has 0 aliphatic heterocycles. The summed E-state index contributed by atoms with van der Waals surface area (Å²) >= 11 is 0. The van der Waals surface area contributed by atoms with Crippen LogP contribution in [0.5, 0.6) is 0 Å². The van der Waals surface area contributed by atoms with E-state index in [-0.39, 0.29) is 17.7 Å². The van der Waals surface area contributed by atoms with Gasteiger partial charge in [0, 0.05) is 36.8 Å². The molecule has 0 saturated heterocycles. The van der Waals surface area contributed by atoms with Crippen molar-refractivity contribution in [3.8, 4) is 0 Å². The predicted octanol–water partition coefficient (Wildman–Crippen LogP) is 3.08. The fourth-order valence-corrected chi connectivity index (χ4v) is 3.22. The molecule has 0 amide bonds. The van der Waals surface area contributed by atoms with Crippen LogP contribution in [0.4, 0.5) is 15.8 Å². The van der Waals surface area contributed by atoms with Crippen LogP contribution in [0.2, 0.25) is 0 Å². The molecule has 0 atom stereocenters. The van der Waals surface area contributed by atoms with Gasteiger partial charge in [-0.3, -0.25) is 4.79 Å². The Morgan fingerprint density at radius 3 is 2.55 bits per heavy atom. The maximum atomic E-state index is 13.8. The molecule has 0 bridgehead atoms. The molecule has 0 fully saturated rings. The molecule has 7 nitrogen and oxygen atoms in total. The van der Waals surface area contributed by atoms with Gasteiger partial charge in [-0.15, -0.1) is 0 Å². The lowest BCUT2D eigenvalue weighted by molar-refractivity contribution is 0.0696. The van der Waals surface area contributed by atoms with Gasteiger partial charge in [-0.05, 0) is 56.1 Å². The van der Waals surface area contributed by atoms with Gasteiger partial charge in [-0.2, -0.15) is 0 Å². The first-order valence-electron chi connectivity index (χ1n) is 9.06. The van der Waals surface area contributed by atoms with Crippen molar-refractivity contribution in [1.82, 2.24) is 9.88 Å². The first-order chi connectivity index (χ1) is 13.8. The molecule has 29 heavy (non-hydrogen) atoms. The highest BCUT2D eigenvalue weighted by atomic mass is 19.1. The number of carboxylic acids is 1. The maximum Gasteiger partial charge on any atom is 0.335 e. The Morgan fingerprint density at radius 1 is 1.14 bits per heavy atom. The van der Waals surface area contributed by atoms with Crippen LogP contribution in [0.15, 0.2) is 41.2 Å². The van der Waals surface area contributed by atoms with Crippen molar-refractivity contribution in [1.29, 1.82) is 0 Å². The minimum atomic E-state index is -0.995. The predicted molar refractivity (Wildman–Crippen MR) is 112 cm³/mol. The van der Waals surface area contributed by atoms with Gasteiger partial charge in [0.25, 0.3) is 5.56 Å². The highest BCUT2D eigenvalue weighted by molar-refractivity contribution is 5.91. The average Bonchev–Trinajstić information content (AvgIpc) is 2.66. The monoisotopic (exact) mass is 398 g/mol. The van der Waals surface area contributed by atoms with E-state index in [1.807, 2.05) is 19.0 Å². The number of pyridine rings is 1. The van der Waals surface area contributed by atoms with Crippen LogP contribution < -0.4 is 16.2 Å². The summed E-state index contributed by atoms with van der Waals surface area (Å²) in [6, 6.07) is 9.17. The molecular formula is C21H23FN4O3. The highest BCUT2D eigenvalue weighted by Gasteiger charge is 2.12. The molecule has 2 aromatic carbocycles. The molecular weight excluding hydrogens is 375 g/mol. The van der Waals surface area contributed by atoms with Gasteiger partial charge in [0.2, 0.25) is 0 Å². The van der Waals surface area contributed by atoms with Crippen molar-refractivity contribution in [3.63, 3.8) is 0 Å². The van der Waals surface area contributed by atoms with Crippen LogP contribution in [0.3, 0.4) is 0 Å². The minimum Gasteiger partial charge on any atom is -0.478 e. The van der Waals surface area contributed by atoms with Gasteiger partial charge in [0.05, 0.1) is 16.8 Å². The summed E-state index contributed by atoms with van der Waals surface area (Å²) < 4.78 is 13.8. The second kappa shape index (κ2) is 8.32. The van der Waals surface area contributed by atoms with E-state index in [1.54, 1.807) is 25.2 Å². The zero-order valence-electron chi connectivity index (χ0n) is 16.5. The number of carbonyl (C=O) groups is 1. The summed E-state index contributed by atoms with van der Waals surface area (Å²) in [5.74, 6) is -1.39. The van der Waals surface area contributed by atoms with Gasteiger partial charge in [-0.1, -0.05) is 0 Å². The third-order valence-electron chi connectivity index (χ3n) is 4.57. The van der Waals surface area contributed by atoms with Crippen molar-refractivity contribution >= 4 is 28.2 Å². The molecule has 8 heteroatoms. The number of carboxylic acid groups (broad SMARTS) is 1. The Labute approximate surface area is 167 Å². The molecule has 0 aliphatic carbocycles. The van der Waals surface area contributed by atoms with Crippen molar-refractivity contribution < 1.29 is 14.3 Å². The third kappa shape index (κ3) is 4.55. The summed E-state index contributed by atoms with van der Waals surface area (Å²) in [7, 11) is 5.44. The van der Waals surface area contributed by atoms with Crippen LogP contribution in [0, 0.1) is 5.82 Å². The molecule has 0 saturated carbocycles. The number of anilines is 2. The van der Waals surface area contributed by atoms with Crippen LogP contribution in [0.1, 0.15) is 21.5 Å². The van der Waals surface area contributed by atoms with Gasteiger partial charge in [0.15, 0.2) is 0 Å². The van der Waals surface area contributed by atoms with E-state index in [9.17, 15) is 19.1 Å². The highest BCUT2D eigenvalue weighted by Crippen LogP contribution is 2.23. The van der Waals surface area contributed by atoms with E-state index >= 15 is 0 Å². The quantitative estimate of drug-likeness (QED) is 0.488.